The van der Waals surface area contributed by atoms with Crippen molar-refractivity contribution in [2.45, 2.75) is 37.9 Å². The molecule has 0 aromatic heterocycles. The van der Waals surface area contributed by atoms with E-state index in [1.807, 2.05) is 0 Å². The van der Waals surface area contributed by atoms with Gasteiger partial charge in [-0.2, -0.15) is 0 Å². The van der Waals surface area contributed by atoms with Crippen LogP contribution in [0.4, 0.5) is 4.79 Å². The summed E-state index contributed by atoms with van der Waals surface area (Å²) in [5.41, 5.74) is 0. The summed E-state index contributed by atoms with van der Waals surface area (Å²) in [6.45, 7) is 0.473. The molecule has 0 radical (unpaired) electrons. The number of nitrogens with zero attached hydrogens (tertiary/aromatic N) is 1. The van der Waals surface area contributed by atoms with E-state index in [1.54, 1.807) is 0 Å². The second-order valence-electron chi connectivity index (χ2n) is 4.73. The van der Waals surface area contributed by atoms with Crippen LogP contribution in [0.2, 0.25) is 0 Å². The van der Waals surface area contributed by atoms with E-state index in [4.69, 9.17) is 14.2 Å². The van der Waals surface area contributed by atoms with E-state index >= 15 is 0 Å². The lowest BCUT2D eigenvalue weighted by molar-refractivity contribution is -0.214. The highest BCUT2D eigenvalue weighted by Gasteiger charge is 2.49. The second-order valence-corrected chi connectivity index (χ2v) is 4.73. The second kappa shape index (κ2) is 5.00. The lowest BCUT2D eigenvalue weighted by atomic mass is 10.0. The smallest absolute Gasteiger partial charge is 0.400 e. The molecule has 3 saturated heterocycles. The zero-order valence-corrected chi connectivity index (χ0v) is 10.4. The fraction of sp³-hybridized carbons (Fsp3) is 0.727. The highest BCUT2D eigenvalue weighted by atomic mass is 16.9. The molecule has 3 heterocycles. The summed E-state index contributed by atoms with van der Waals surface area (Å²) in [7, 11) is 0. The van der Waals surface area contributed by atoms with Gasteiger partial charge in [-0.1, -0.05) is 5.06 Å². The molecule has 1 N–H and O–H groups in total. The van der Waals surface area contributed by atoms with Crippen LogP contribution in [0.15, 0.2) is 0 Å². The van der Waals surface area contributed by atoms with Crippen molar-refractivity contribution in [3.05, 3.63) is 0 Å². The molecule has 2 amide bonds. The van der Waals surface area contributed by atoms with Gasteiger partial charge >= 0.3 is 6.16 Å². The average Bonchev–Trinajstić information content (AvgIpc) is 3.05. The van der Waals surface area contributed by atoms with Crippen LogP contribution < -0.4 is 0 Å². The summed E-state index contributed by atoms with van der Waals surface area (Å²) in [5, 5.41) is 10.2. The maximum atomic E-state index is 11.5. The van der Waals surface area contributed by atoms with Crippen molar-refractivity contribution in [3.63, 3.8) is 0 Å². The van der Waals surface area contributed by atoms with Crippen LogP contribution in [0, 0.1) is 5.92 Å². The molecular formula is C11H13NO8. The zero-order valence-electron chi connectivity index (χ0n) is 10.4. The van der Waals surface area contributed by atoms with Gasteiger partial charge in [-0.05, 0) is 6.42 Å². The van der Waals surface area contributed by atoms with Gasteiger partial charge < -0.3 is 19.3 Å². The van der Waals surface area contributed by atoms with Gasteiger partial charge in [-0.3, -0.25) is 14.4 Å². The highest BCUT2D eigenvalue weighted by Crippen LogP contribution is 2.35. The summed E-state index contributed by atoms with van der Waals surface area (Å²) < 4.78 is 15.2. The molecule has 1 unspecified atom stereocenters. The third-order valence-corrected chi connectivity index (χ3v) is 3.45. The van der Waals surface area contributed by atoms with E-state index in [-0.39, 0.29) is 18.8 Å². The van der Waals surface area contributed by atoms with Crippen LogP contribution in [0.3, 0.4) is 0 Å². The maximum absolute atomic E-state index is 11.5. The molecule has 9 heteroatoms. The van der Waals surface area contributed by atoms with Crippen molar-refractivity contribution < 1.29 is 38.5 Å². The molecule has 3 fully saturated rings. The monoisotopic (exact) mass is 287 g/mol. The molecule has 110 valence electrons. The Bertz CT molecular complexity index is 436. The minimum Gasteiger partial charge on any atom is -0.400 e. The topological polar surface area (TPSA) is 112 Å². The number of hydrogen-bond acceptors (Lipinski definition) is 8. The Morgan fingerprint density at radius 3 is 2.65 bits per heavy atom. The molecule has 0 spiro atoms. The first-order chi connectivity index (χ1) is 9.56. The molecule has 9 nitrogen and oxygen atoms in total. The molecule has 0 aliphatic carbocycles. The largest absolute Gasteiger partial charge is 0.536 e. The molecule has 0 aromatic rings. The number of imide groups is 1. The van der Waals surface area contributed by atoms with Crippen LogP contribution in [-0.2, 0) is 28.6 Å². The number of aliphatic hydroxyl groups excluding tert-OH is 1. The quantitative estimate of drug-likeness (QED) is 0.523. The number of ether oxygens (including phenoxy) is 3. The Morgan fingerprint density at radius 1 is 1.30 bits per heavy atom. The fourth-order valence-corrected chi connectivity index (χ4v) is 2.41. The normalized spacial score (nSPS) is 36.4. The standard InChI is InChI=1S/C11H13NO8/c13-6-1-2-7(14)12(6)20-11(16)19-10-8(15)5-3-4-17-9(5)18-10/h5,8-10,15H,1-4H2/t5-,8+,9+,10?/m0/s1. The molecule has 0 saturated carbocycles. The summed E-state index contributed by atoms with van der Waals surface area (Å²) >= 11 is 0. The highest BCUT2D eigenvalue weighted by molar-refractivity contribution is 6.01. The lowest BCUT2D eigenvalue weighted by Gasteiger charge is -2.18. The van der Waals surface area contributed by atoms with Gasteiger partial charge in [0.05, 0.1) is 6.61 Å². The van der Waals surface area contributed by atoms with E-state index in [0.717, 1.165) is 0 Å². The van der Waals surface area contributed by atoms with E-state index in [2.05, 4.69) is 4.84 Å². The van der Waals surface area contributed by atoms with Gasteiger partial charge in [-0.25, -0.2) is 4.79 Å². The van der Waals surface area contributed by atoms with Crippen molar-refractivity contribution in [2.24, 2.45) is 5.92 Å². The fourth-order valence-electron chi connectivity index (χ4n) is 2.41. The first-order valence-electron chi connectivity index (χ1n) is 6.26. The Balaban J connectivity index is 1.54. The first-order valence-corrected chi connectivity index (χ1v) is 6.26. The van der Waals surface area contributed by atoms with Crippen molar-refractivity contribution in [2.75, 3.05) is 6.61 Å². The van der Waals surface area contributed by atoms with Crippen molar-refractivity contribution >= 4 is 18.0 Å². The SMILES string of the molecule is O=C(OC1O[C@H]2OCC[C@H]2[C@H]1O)ON1C(=O)CCC1=O. The summed E-state index contributed by atoms with van der Waals surface area (Å²) in [5.74, 6) is -1.48. The number of hydrogen-bond donors (Lipinski definition) is 1. The van der Waals surface area contributed by atoms with Gasteiger partial charge in [0.2, 0.25) is 6.29 Å². The number of carbonyl (C=O) groups excluding carboxylic acids is 3. The molecule has 3 aliphatic heterocycles. The van der Waals surface area contributed by atoms with E-state index in [1.165, 1.54) is 0 Å². The maximum Gasteiger partial charge on any atom is 0.536 e. The van der Waals surface area contributed by atoms with E-state index in [0.29, 0.717) is 18.1 Å². The van der Waals surface area contributed by atoms with Crippen LogP contribution >= 0.6 is 0 Å². The molecule has 0 bridgehead atoms. The van der Waals surface area contributed by atoms with Crippen LogP contribution in [0.1, 0.15) is 19.3 Å². The zero-order chi connectivity index (χ0) is 14.3. The first kappa shape index (κ1) is 13.3. The number of carbonyl (C=O) groups is 3. The predicted molar refractivity (Wildman–Crippen MR) is 57.4 cm³/mol. The molecule has 0 aromatic carbocycles. The van der Waals surface area contributed by atoms with Gasteiger partial charge in [0.15, 0.2) is 6.29 Å². The number of fused-ring (bicyclic) bond motifs is 1. The molecule has 4 atom stereocenters. The number of hydroxylamine groups is 2. The number of rotatable bonds is 2. The predicted octanol–water partition coefficient (Wildman–Crippen LogP) is -0.717. The summed E-state index contributed by atoms with van der Waals surface area (Å²) in [4.78, 5) is 38.5. The average molecular weight is 287 g/mol. The number of aliphatic hydroxyl groups is 1. The third kappa shape index (κ3) is 2.23. The Hall–Kier alpha value is -1.71. The summed E-state index contributed by atoms with van der Waals surface area (Å²) in [6, 6.07) is 0. The number of amides is 2. The lowest BCUT2D eigenvalue weighted by Crippen LogP contribution is -2.36. The molecule has 3 aliphatic rings. The van der Waals surface area contributed by atoms with Crippen LogP contribution in [-0.4, -0.2) is 53.4 Å². The molecular weight excluding hydrogens is 274 g/mol. The van der Waals surface area contributed by atoms with Crippen LogP contribution in [0.5, 0.6) is 0 Å². The van der Waals surface area contributed by atoms with Gasteiger partial charge in [0.1, 0.15) is 6.10 Å². The van der Waals surface area contributed by atoms with Crippen molar-refractivity contribution in [1.82, 2.24) is 5.06 Å². The third-order valence-electron chi connectivity index (χ3n) is 3.45. The van der Waals surface area contributed by atoms with E-state index in [9.17, 15) is 19.5 Å². The molecule has 3 rings (SSSR count). The minimum atomic E-state index is -1.28. The Kier molecular flexibility index (Phi) is 3.32. The van der Waals surface area contributed by atoms with Gasteiger partial charge in [-0.15, -0.1) is 0 Å². The van der Waals surface area contributed by atoms with Crippen molar-refractivity contribution in [3.8, 4) is 0 Å². The van der Waals surface area contributed by atoms with Gasteiger partial charge in [0.25, 0.3) is 11.8 Å². The van der Waals surface area contributed by atoms with Crippen LogP contribution in [0.25, 0.3) is 0 Å². The molecule has 20 heavy (non-hydrogen) atoms. The minimum absolute atomic E-state index is 0.00729. The van der Waals surface area contributed by atoms with E-state index < -0.39 is 36.7 Å². The van der Waals surface area contributed by atoms with Crippen molar-refractivity contribution in [1.29, 1.82) is 0 Å². The Labute approximate surface area is 113 Å². The Morgan fingerprint density at radius 2 is 2.00 bits per heavy atom. The van der Waals surface area contributed by atoms with Gasteiger partial charge in [0, 0.05) is 18.8 Å². The summed E-state index contributed by atoms with van der Waals surface area (Å²) in [6.07, 6.45) is -3.57.